The number of rotatable bonds is 2. The number of nitrogens with zero attached hydrogens (tertiary/aromatic N) is 1. The van der Waals surface area contributed by atoms with E-state index in [2.05, 4.69) is 24.1 Å². The molecular weight excluding hydrogens is 184 g/mol. The normalized spacial score (nSPS) is 21.2. The summed E-state index contributed by atoms with van der Waals surface area (Å²) in [6.45, 7) is 4.74. The van der Waals surface area contributed by atoms with E-state index in [0.29, 0.717) is 11.5 Å². The summed E-state index contributed by atoms with van der Waals surface area (Å²) in [4.78, 5) is 4.02. The fourth-order valence-electron chi connectivity index (χ4n) is 2.23. The second kappa shape index (κ2) is 4.21. The van der Waals surface area contributed by atoms with Crippen molar-refractivity contribution in [1.29, 1.82) is 0 Å². The highest BCUT2D eigenvalue weighted by molar-refractivity contribution is 5.41. The van der Waals surface area contributed by atoms with E-state index in [1.54, 1.807) is 0 Å². The van der Waals surface area contributed by atoms with Crippen LogP contribution in [0.25, 0.3) is 0 Å². The van der Waals surface area contributed by atoms with Crippen molar-refractivity contribution >= 4 is 5.69 Å². The lowest BCUT2D eigenvalue weighted by atomic mass is 9.75. The summed E-state index contributed by atoms with van der Waals surface area (Å²) in [7, 11) is 0. The van der Waals surface area contributed by atoms with Crippen molar-refractivity contribution in [1.82, 2.24) is 4.98 Å². The first kappa shape index (κ1) is 10.5. The number of aromatic nitrogens is 1. The SMILES string of the molecule is CC1(C)CCC(Nc2ccncc2)CC1. The molecule has 1 N–H and O–H groups in total. The van der Waals surface area contributed by atoms with E-state index in [4.69, 9.17) is 0 Å². The molecule has 0 unspecified atom stereocenters. The van der Waals surface area contributed by atoms with E-state index in [-0.39, 0.29) is 0 Å². The standard InChI is InChI=1S/C13H20N2/c1-13(2)7-3-11(4-8-13)15-12-5-9-14-10-6-12/h5-6,9-11H,3-4,7-8H2,1-2H3,(H,14,15). The molecule has 15 heavy (non-hydrogen) atoms. The van der Waals surface area contributed by atoms with Crippen LogP contribution in [0.5, 0.6) is 0 Å². The molecule has 1 heterocycles. The molecular formula is C13H20N2. The van der Waals surface area contributed by atoms with Crippen LogP contribution in [-0.4, -0.2) is 11.0 Å². The van der Waals surface area contributed by atoms with Crippen LogP contribution in [0.15, 0.2) is 24.5 Å². The Morgan fingerprint density at radius 3 is 2.40 bits per heavy atom. The minimum absolute atomic E-state index is 0.552. The number of hydrogen-bond acceptors (Lipinski definition) is 2. The number of nitrogens with one attached hydrogen (secondary N) is 1. The zero-order valence-electron chi connectivity index (χ0n) is 9.66. The van der Waals surface area contributed by atoms with Gasteiger partial charge < -0.3 is 5.32 Å². The average molecular weight is 204 g/mol. The molecule has 82 valence electrons. The van der Waals surface area contributed by atoms with Crippen molar-refractivity contribution in [2.45, 2.75) is 45.6 Å². The van der Waals surface area contributed by atoms with E-state index < -0.39 is 0 Å². The van der Waals surface area contributed by atoms with Crippen molar-refractivity contribution in [3.63, 3.8) is 0 Å². The highest BCUT2D eigenvalue weighted by Gasteiger charge is 2.26. The molecule has 1 fully saturated rings. The molecule has 1 saturated carbocycles. The molecule has 1 aromatic rings. The molecule has 2 nitrogen and oxygen atoms in total. The maximum absolute atomic E-state index is 4.02. The topological polar surface area (TPSA) is 24.9 Å². The zero-order valence-corrected chi connectivity index (χ0v) is 9.66. The first-order valence-corrected chi connectivity index (χ1v) is 5.82. The highest BCUT2D eigenvalue weighted by Crippen LogP contribution is 2.35. The van der Waals surface area contributed by atoms with Gasteiger partial charge in [0.2, 0.25) is 0 Å². The summed E-state index contributed by atoms with van der Waals surface area (Å²) in [6, 6.07) is 4.74. The molecule has 1 aliphatic carbocycles. The molecule has 0 bridgehead atoms. The summed E-state index contributed by atoms with van der Waals surface area (Å²) in [5.41, 5.74) is 1.76. The molecule has 2 rings (SSSR count). The van der Waals surface area contributed by atoms with Crippen molar-refractivity contribution < 1.29 is 0 Å². The van der Waals surface area contributed by atoms with Gasteiger partial charge in [0.05, 0.1) is 0 Å². The van der Waals surface area contributed by atoms with Crippen LogP contribution in [0.3, 0.4) is 0 Å². The second-order valence-electron chi connectivity index (χ2n) is 5.32. The molecule has 0 amide bonds. The van der Waals surface area contributed by atoms with Crippen molar-refractivity contribution in [3.05, 3.63) is 24.5 Å². The van der Waals surface area contributed by atoms with Crippen molar-refractivity contribution in [3.8, 4) is 0 Å². The van der Waals surface area contributed by atoms with Crippen LogP contribution in [0, 0.1) is 5.41 Å². The highest BCUT2D eigenvalue weighted by atomic mass is 14.9. The quantitative estimate of drug-likeness (QED) is 0.798. The predicted octanol–water partition coefficient (Wildman–Crippen LogP) is 3.46. The Hall–Kier alpha value is -1.05. The van der Waals surface area contributed by atoms with Gasteiger partial charge in [0.1, 0.15) is 0 Å². The van der Waals surface area contributed by atoms with Crippen LogP contribution in [0.1, 0.15) is 39.5 Å². The summed E-state index contributed by atoms with van der Waals surface area (Å²) >= 11 is 0. The third-order valence-electron chi connectivity index (χ3n) is 3.39. The van der Waals surface area contributed by atoms with Crippen LogP contribution < -0.4 is 5.32 Å². The summed E-state index contributed by atoms with van der Waals surface area (Å²) in [5, 5.41) is 3.58. The fraction of sp³-hybridized carbons (Fsp3) is 0.615. The molecule has 0 radical (unpaired) electrons. The third kappa shape index (κ3) is 2.95. The van der Waals surface area contributed by atoms with E-state index >= 15 is 0 Å². The maximum atomic E-state index is 4.02. The van der Waals surface area contributed by atoms with Gasteiger partial charge in [0.25, 0.3) is 0 Å². The summed E-state index contributed by atoms with van der Waals surface area (Å²) < 4.78 is 0. The summed E-state index contributed by atoms with van der Waals surface area (Å²) in [6.07, 6.45) is 8.92. The van der Waals surface area contributed by atoms with Crippen LogP contribution in [0.4, 0.5) is 5.69 Å². The molecule has 0 aromatic carbocycles. The molecule has 1 aliphatic rings. The monoisotopic (exact) mass is 204 g/mol. The smallest absolute Gasteiger partial charge is 0.0373 e. The lowest BCUT2D eigenvalue weighted by Gasteiger charge is -2.35. The Morgan fingerprint density at radius 1 is 1.20 bits per heavy atom. The molecule has 0 spiro atoms. The number of anilines is 1. The minimum Gasteiger partial charge on any atom is -0.382 e. The number of hydrogen-bond donors (Lipinski definition) is 1. The Bertz CT molecular complexity index is 296. The van der Waals surface area contributed by atoms with E-state index in [0.717, 1.165) is 0 Å². The van der Waals surface area contributed by atoms with Gasteiger partial charge in [-0.3, -0.25) is 4.98 Å². The maximum Gasteiger partial charge on any atom is 0.0373 e. The van der Waals surface area contributed by atoms with Gasteiger partial charge >= 0.3 is 0 Å². The van der Waals surface area contributed by atoms with Crippen LogP contribution in [0.2, 0.25) is 0 Å². The molecule has 0 aliphatic heterocycles. The lowest BCUT2D eigenvalue weighted by Crippen LogP contribution is -2.29. The van der Waals surface area contributed by atoms with Gasteiger partial charge in [0.15, 0.2) is 0 Å². The molecule has 0 saturated heterocycles. The van der Waals surface area contributed by atoms with Gasteiger partial charge in [-0.15, -0.1) is 0 Å². The molecule has 1 aromatic heterocycles. The first-order chi connectivity index (χ1) is 7.16. The van der Waals surface area contributed by atoms with E-state index in [1.165, 1.54) is 31.4 Å². The largest absolute Gasteiger partial charge is 0.382 e. The van der Waals surface area contributed by atoms with Gasteiger partial charge in [-0.25, -0.2) is 0 Å². The Kier molecular flexibility index (Phi) is 2.94. The van der Waals surface area contributed by atoms with E-state index in [9.17, 15) is 0 Å². The lowest BCUT2D eigenvalue weighted by molar-refractivity contribution is 0.232. The second-order valence-corrected chi connectivity index (χ2v) is 5.32. The summed E-state index contributed by atoms with van der Waals surface area (Å²) in [5.74, 6) is 0. The fourth-order valence-corrected chi connectivity index (χ4v) is 2.23. The first-order valence-electron chi connectivity index (χ1n) is 5.82. The molecule has 0 atom stereocenters. The van der Waals surface area contributed by atoms with Gasteiger partial charge in [-0.05, 0) is 43.2 Å². The number of pyridine rings is 1. The van der Waals surface area contributed by atoms with Gasteiger partial charge in [-0.2, -0.15) is 0 Å². The third-order valence-corrected chi connectivity index (χ3v) is 3.39. The molecule has 2 heteroatoms. The van der Waals surface area contributed by atoms with Crippen molar-refractivity contribution in [2.75, 3.05) is 5.32 Å². The van der Waals surface area contributed by atoms with Gasteiger partial charge in [-0.1, -0.05) is 13.8 Å². The Balaban J connectivity index is 1.88. The average Bonchev–Trinajstić information content (AvgIpc) is 2.23. The van der Waals surface area contributed by atoms with Crippen molar-refractivity contribution in [2.24, 2.45) is 5.41 Å². The van der Waals surface area contributed by atoms with Gasteiger partial charge in [0, 0.05) is 24.1 Å². The van der Waals surface area contributed by atoms with E-state index in [1.807, 2.05) is 24.5 Å². The zero-order chi connectivity index (χ0) is 10.7. The Labute approximate surface area is 92.1 Å². The minimum atomic E-state index is 0.552. The van der Waals surface area contributed by atoms with Crippen LogP contribution in [-0.2, 0) is 0 Å². The predicted molar refractivity (Wildman–Crippen MR) is 63.9 cm³/mol. The Morgan fingerprint density at radius 2 is 1.80 bits per heavy atom. The van der Waals surface area contributed by atoms with Crippen LogP contribution >= 0.6 is 0 Å².